The highest BCUT2D eigenvalue weighted by molar-refractivity contribution is 5.68. The van der Waals surface area contributed by atoms with Crippen molar-refractivity contribution in [3.8, 4) is 0 Å². The average molecular weight is 213 g/mol. The summed E-state index contributed by atoms with van der Waals surface area (Å²) in [4.78, 5) is 13.0. The van der Waals surface area contributed by atoms with Crippen molar-refractivity contribution in [1.29, 1.82) is 0 Å². The molecule has 0 aliphatic heterocycles. The number of amides is 1. The fourth-order valence-corrected chi connectivity index (χ4v) is 1.49. The standard InChI is InChI=1S/C11H19NO3/c1-11(2,3)15-10(14)12(8-13)9-6-4-5-7-9/h4,6,9,13H,5,7-8H2,1-3H3. The van der Waals surface area contributed by atoms with Gasteiger partial charge in [0.2, 0.25) is 0 Å². The van der Waals surface area contributed by atoms with E-state index in [0.29, 0.717) is 0 Å². The van der Waals surface area contributed by atoms with Crippen LogP contribution < -0.4 is 0 Å². The van der Waals surface area contributed by atoms with Crippen molar-refractivity contribution in [1.82, 2.24) is 4.90 Å². The predicted molar refractivity (Wildman–Crippen MR) is 57.3 cm³/mol. The number of aliphatic hydroxyl groups excluding tert-OH is 1. The highest BCUT2D eigenvalue weighted by atomic mass is 16.6. The number of rotatable bonds is 2. The number of allylic oxidation sites excluding steroid dienone is 1. The molecule has 0 saturated heterocycles. The van der Waals surface area contributed by atoms with E-state index >= 15 is 0 Å². The predicted octanol–water partition coefficient (Wildman–Crippen LogP) is 1.89. The zero-order valence-corrected chi connectivity index (χ0v) is 9.56. The third kappa shape index (κ3) is 3.55. The highest BCUT2D eigenvalue weighted by Gasteiger charge is 2.27. The van der Waals surface area contributed by atoms with Crippen molar-refractivity contribution >= 4 is 6.09 Å². The Morgan fingerprint density at radius 2 is 2.27 bits per heavy atom. The number of carbonyl (C=O) groups excluding carboxylic acids is 1. The van der Waals surface area contributed by atoms with E-state index in [2.05, 4.69) is 0 Å². The van der Waals surface area contributed by atoms with Gasteiger partial charge in [-0.2, -0.15) is 0 Å². The first-order valence-corrected chi connectivity index (χ1v) is 5.21. The van der Waals surface area contributed by atoms with Crippen molar-refractivity contribution in [2.24, 2.45) is 0 Å². The maximum absolute atomic E-state index is 11.7. The summed E-state index contributed by atoms with van der Waals surface area (Å²) in [5, 5.41) is 9.14. The molecular formula is C11H19NO3. The van der Waals surface area contributed by atoms with Gasteiger partial charge < -0.3 is 9.84 Å². The Hall–Kier alpha value is -1.03. The molecule has 0 fully saturated rings. The van der Waals surface area contributed by atoms with Gasteiger partial charge in [0.15, 0.2) is 0 Å². The quantitative estimate of drug-likeness (QED) is 0.563. The number of hydrogen-bond acceptors (Lipinski definition) is 3. The molecule has 0 heterocycles. The van der Waals surface area contributed by atoms with Crippen LogP contribution in [0.25, 0.3) is 0 Å². The van der Waals surface area contributed by atoms with Crippen molar-refractivity contribution in [3.05, 3.63) is 12.2 Å². The maximum atomic E-state index is 11.7. The molecule has 0 aromatic carbocycles. The molecule has 0 radical (unpaired) electrons. The van der Waals surface area contributed by atoms with E-state index in [1.807, 2.05) is 32.9 Å². The van der Waals surface area contributed by atoms with Crippen LogP contribution in [0.5, 0.6) is 0 Å². The lowest BCUT2D eigenvalue weighted by Gasteiger charge is -2.29. The summed E-state index contributed by atoms with van der Waals surface area (Å²) in [7, 11) is 0. The van der Waals surface area contributed by atoms with Gasteiger partial charge in [0, 0.05) is 0 Å². The lowest BCUT2D eigenvalue weighted by molar-refractivity contribution is -0.00119. The Kier molecular flexibility index (Phi) is 3.74. The third-order valence-electron chi connectivity index (χ3n) is 2.17. The van der Waals surface area contributed by atoms with Gasteiger partial charge in [-0.05, 0) is 33.6 Å². The van der Waals surface area contributed by atoms with Gasteiger partial charge in [-0.25, -0.2) is 4.79 Å². The molecule has 0 bridgehead atoms. The van der Waals surface area contributed by atoms with Crippen LogP contribution in [0.1, 0.15) is 33.6 Å². The van der Waals surface area contributed by atoms with Crippen LogP contribution in [0, 0.1) is 0 Å². The van der Waals surface area contributed by atoms with Gasteiger partial charge in [0.25, 0.3) is 0 Å². The third-order valence-corrected chi connectivity index (χ3v) is 2.17. The summed E-state index contributed by atoms with van der Waals surface area (Å²) in [5.74, 6) is 0. The number of nitrogens with zero attached hydrogens (tertiary/aromatic N) is 1. The molecule has 1 rings (SSSR count). The molecule has 0 saturated carbocycles. The van der Waals surface area contributed by atoms with E-state index in [1.54, 1.807) is 0 Å². The average Bonchev–Trinajstić information content (AvgIpc) is 2.54. The second-order valence-corrected chi connectivity index (χ2v) is 4.66. The monoisotopic (exact) mass is 213 g/mol. The lowest BCUT2D eigenvalue weighted by atomic mass is 10.2. The first-order valence-electron chi connectivity index (χ1n) is 5.21. The zero-order valence-electron chi connectivity index (χ0n) is 9.56. The van der Waals surface area contributed by atoms with E-state index in [4.69, 9.17) is 9.84 Å². The molecule has 1 unspecified atom stereocenters. The van der Waals surface area contributed by atoms with Crippen molar-refractivity contribution in [3.63, 3.8) is 0 Å². The first kappa shape index (κ1) is 12.0. The molecule has 0 spiro atoms. The fraction of sp³-hybridized carbons (Fsp3) is 0.727. The van der Waals surface area contributed by atoms with Crippen LogP contribution in [0.4, 0.5) is 4.79 Å². The molecule has 86 valence electrons. The molecule has 1 amide bonds. The Balaban J connectivity index is 2.58. The summed E-state index contributed by atoms with van der Waals surface area (Å²) in [6, 6.07) is -0.0233. The van der Waals surface area contributed by atoms with Crippen molar-refractivity contribution in [2.45, 2.75) is 45.3 Å². The Morgan fingerprint density at radius 1 is 1.60 bits per heavy atom. The second-order valence-electron chi connectivity index (χ2n) is 4.66. The SMILES string of the molecule is CC(C)(C)OC(=O)N(CO)C1C=CCC1. The van der Waals surface area contributed by atoms with Crippen LogP contribution in [0.3, 0.4) is 0 Å². The normalized spacial score (nSPS) is 20.4. The highest BCUT2D eigenvalue weighted by Crippen LogP contribution is 2.18. The van der Waals surface area contributed by atoms with Crippen LogP contribution in [0.15, 0.2) is 12.2 Å². The van der Waals surface area contributed by atoms with Crippen molar-refractivity contribution < 1.29 is 14.6 Å². The Morgan fingerprint density at radius 3 is 2.67 bits per heavy atom. The minimum Gasteiger partial charge on any atom is -0.444 e. The van der Waals surface area contributed by atoms with Gasteiger partial charge >= 0.3 is 6.09 Å². The maximum Gasteiger partial charge on any atom is 0.412 e. The van der Waals surface area contributed by atoms with E-state index in [1.165, 1.54) is 4.90 Å². The minimum absolute atomic E-state index is 0.0233. The summed E-state index contributed by atoms with van der Waals surface area (Å²) in [5.41, 5.74) is -0.521. The lowest BCUT2D eigenvalue weighted by Crippen LogP contribution is -2.42. The summed E-state index contributed by atoms with van der Waals surface area (Å²) >= 11 is 0. The van der Waals surface area contributed by atoms with Gasteiger partial charge in [-0.3, -0.25) is 4.90 Å². The topological polar surface area (TPSA) is 49.8 Å². The van der Waals surface area contributed by atoms with E-state index in [9.17, 15) is 4.79 Å². The van der Waals surface area contributed by atoms with Crippen LogP contribution in [-0.4, -0.2) is 34.5 Å². The summed E-state index contributed by atoms with van der Waals surface area (Å²) in [6.45, 7) is 5.13. The van der Waals surface area contributed by atoms with Crippen LogP contribution >= 0.6 is 0 Å². The smallest absolute Gasteiger partial charge is 0.412 e. The Bertz CT molecular complexity index is 255. The molecule has 1 N–H and O–H groups in total. The number of aliphatic hydroxyl groups is 1. The minimum atomic E-state index is -0.521. The largest absolute Gasteiger partial charge is 0.444 e. The molecule has 0 aromatic heterocycles. The van der Waals surface area contributed by atoms with Gasteiger partial charge in [0.05, 0.1) is 6.04 Å². The van der Waals surface area contributed by atoms with E-state index in [-0.39, 0.29) is 12.8 Å². The van der Waals surface area contributed by atoms with Crippen LogP contribution in [0.2, 0.25) is 0 Å². The molecule has 1 atom stereocenters. The van der Waals surface area contributed by atoms with E-state index in [0.717, 1.165) is 12.8 Å². The fourth-order valence-electron chi connectivity index (χ4n) is 1.49. The molecular weight excluding hydrogens is 194 g/mol. The van der Waals surface area contributed by atoms with Crippen molar-refractivity contribution in [2.75, 3.05) is 6.73 Å². The zero-order chi connectivity index (χ0) is 11.5. The molecule has 4 heteroatoms. The second kappa shape index (κ2) is 4.66. The molecule has 1 aliphatic carbocycles. The van der Waals surface area contributed by atoms with Gasteiger partial charge in [0.1, 0.15) is 12.3 Å². The molecule has 4 nitrogen and oxygen atoms in total. The van der Waals surface area contributed by atoms with Gasteiger partial charge in [-0.15, -0.1) is 0 Å². The van der Waals surface area contributed by atoms with E-state index < -0.39 is 11.7 Å². The van der Waals surface area contributed by atoms with Gasteiger partial charge in [-0.1, -0.05) is 12.2 Å². The molecule has 0 aromatic rings. The number of hydrogen-bond donors (Lipinski definition) is 1. The van der Waals surface area contributed by atoms with Crippen LogP contribution in [-0.2, 0) is 4.74 Å². The Labute approximate surface area is 90.5 Å². The summed E-state index contributed by atoms with van der Waals surface area (Å²) < 4.78 is 5.20. The first-order chi connectivity index (χ1) is 6.94. The number of ether oxygens (including phenoxy) is 1. The summed E-state index contributed by atoms with van der Waals surface area (Å²) in [6.07, 6.45) is 5.29. The number of carbonyl (C=O) groups is 1. The molecule has 15 heavy (non-hydrogen) atoms. The molecule has 1 aliphatic rings.